The summed E-state index contributed by atoms with van der Waals surface area (Å²) in [6.07, 6.45) is 3.81. The van der Waals surface area contributed by atoms with Crippen molar-refractivity contribution in [2.24, 2.45) is 0 Å². The average Bonchev–Trinajstić information content (AvgIpc) is 2.76. The van der Waals surface area contributed by atoms with E-state index in [4.69, 9.17) is 0 Å². The van der Waals surface area contributed by atoms with Crippen LogP contribution in [0.3, 0.4) is 0 Å². The van der Waals surface area contributed by atoms with Gasteiger partial charge in [0.2, 0.25) is 10.0 Å². The second-order valence-electron chi connectivity index (χ2n) is 8.90. The van der Waals surface area contributed by atoms with Crippen LogP contribution in [0, 0.1) is 5.82 Å². The van der Waals surface area contributed by atoms with E-state index in [-0.39, 0.29) is 23.8 Å². The molecule has 33 heavy (non-hydrogen) atoms. The van der Waals surface area contributed by atoms with Crippen molar-refractivity contribution < 1.29 is 12.8 Å². The van der Waals surface area contributed by atoms with Gasteiger partial charge in [0.05, 0.1) is 18.3 Å². The van der Waals surface area contributed by atoms with E-state index >= 15 is 4.39 Å². The largest absolute Gasteiger partial charge is 0.296 e. The zero-order valence-electron chi connectivity index (χ0n) is 19.0. The lowest BCUT2D eigenvalue weighted by atomic mass is 9.78. The Morgan fingerprint density at radius 3 is 2.55 bits per heavy atom. The minimum absolute atomic E-state index is 0.0997. The zero-order chi connectivity index (χ0) is 23.8. The molecule has 3 aromatic rings. The van der Waals surface area contributed by atoms with E-state index < -0.39 is 22.0 Å². The lowest BCUT2D eigenvalue weighted by Crippen LogP contribution is -2.45. The van der Waals surface area contributed by atoms with E-state index in [9.17, 15) is 13.2 Å². The lowest BCUT2D eigenvalue weighted by Gasteiger charge is -2.33. The van der Waals surface area contributed by atoms with Crippen LogP contribution >= 0.6 is 0 Å². The smallest absolute Gasteiger partial charge is 0.257 e. The van der Waals surface area contributed by atoms with Gasteiger partial charge in [-0.05, 0) is 44.2 Å². The van der Waals surface area contributed by atoms with Crippen molar-refractivity contribution in [2.75, 3.05) is 6.26 Å². The van der Waals surface area contributed by atoms with Crippen molar-refractivity contribution in [3.63, 3.8) is 0 Å². The fraction of sp³-hybridized carbons (Fsp3) is 0.360. The minimum Gasteiger partial charge on any atom is -0.296 e. The van der Waals surface area contributed by atoms with Gasteiger partial charge in [-0.15, -0.1) is 0 Å². The number of benzene rings is 2. The number of nitrogens with zero attached hydrogens (tertiary/aromatic N) is 2. The summed E-state index contributed by atoms with van der Waals surface area (Å²) in [4.78, 5) is 17.9. The third-order valence-corrected chi connectivity index (χ3v) is 6.92. The highest BCUT2D eigenvalue weighted by molar-refractivity contribution is 7.88. The highest BCUT2D eigenvalue weighted by Gasteiger charge is 2.35. The summed E-state index contributed by atoms with van der Waals surface area (Å²) in [5, 5.41) is 0. The molecular weight excluding hydrogens is 441 g/mol. The van der Waals surface area contributed by atoms with Gasteiger partial charge in [0.1, 0.15) is 5.82 Å². The van der Waals surface area contributed by atoms with Crippen LogP contribution < -0.4 is 10.3 Å². The number of hydrogen-bond acceptors (Lipinski definition) is 4. The second kappa shape index (κ2) is 9.19. The first-order valence-corrected chi connectivity index (χ1v) is 12.9. The molecule has 1 N–H and O–H groups in total. The molecule has 0 aliphatic heterocycles. The summed E-state index contributed by atoms with van der Waals surface area (Å²) < 4.78 is 44.0. The van der Waals surface area contributed by atoms with Crippen molar-refractivity contribution in [3.8, 4) is 11.1 Å². The molecule has 4 rings (SSSR count). The molecule has 0 fully saturated rings. The highest BCUT2D eigenvalue weighted by atomic mass is 32.2. The molecule has 0 radical (unpaired) electrons. The molecule has 0 saturated carbocycles. The van der Waals surface area contributed by atoms with Crippen LogP contribution in [0.1, 0.15) is 49.0 Å². The minimum atomic E-state index is -3.53. The monoisotopic (exact) mass is 469 g/mol. The van der Waals surface area contributed by atoms with Crippen LogP contribution in [0.15, 0.2) is 59.7 Å². The maximum Gasteiger partial charge on any atom is 0.257 e. The molecule has 0 amide bonds. The predicted octanol–water partition coefficient (Wildman–Crippen LogP) is 3.82. The van der Waals surface area contributed by atoms with Crippen LogP contribution in [0.25, 0.3) is 11.1 Å². The predicted molar refractivity (Wildman–Crippen MR) is 127 cm³/mol. The third-order valence-electron chi connectivity index (χ3n) is 6.19. The first-order chi connectivity index (χ1) is 15.7. The zero-order valence-corrected chi connectivity index (χ0v) is 19.8. The Kier molecular flexibility index (Phi) is 6.50. The SMILES string of the molecule is CC(C)n1cnc2c(c1=O)[C@@H](Cc1cccc(-c3ccccc3)c1F)[C@@H](NS(C)(=O)=O)CC2. The summed E-state index contributed by atoms with van der Waals surface area (Å²) in [6.45, 7) is 3.78. The Morgan fingerprint density at radius 2 is 1.88 bits per heavy atom. The Hall–Kier alpha value is -2.84. The molecule has 1 aliphatic carbocycles. The molecule has 1 aromatic heterocycles. The number of fused-ring (bicyclic) bond motifs is 1. The van der Waals surface area contributed by atoms with Gasteiger partial charge in [0.25, 0.3) is 5.56 Å². The van der Waals surface area contributed by atoms with Gasteiger partial charge >= 0.3 is 0 Å². The van der Waals surface area contributed by atoms with Gasteiger partial charge in [0.15, 0.2) is 0 Å². The van der Waals surface area contributed by atoms with E-state index in [1.807, 2.05) is 44.2 Å². The third kappa shape index (κ3) is 4.91. The fourth-order valence-corrected chi connectivity index (χ4v) is 5.46. The maximum atomic E-state index is 15.6. The number of hydrogen-bond donors (Lipinski definition) is 1. The molecule has 0 saturated heterocycles. The van der Waals surface area contributed by atoms with E-state index in [2.05, 4.69) is 9.71 Å². The quantitative estimate of drug-likeness (QED) is 0.595. The summed E-state index contributed by atoms with van der Waals surface area (Å²) >= 11 is 0. The number of sulfonamides is 1. The Bertz CT molecular complexity index is 1320. The van der Waals surface area contributed by atoms with Crippen LogP contribution in [0.5, 0.6) is 0 Å². The van der Waals surface area contributed by atoms with Crippen LogP contribution in [0.4, 0.5) is 4.39 Å². The molecule has 2 atom stereocenters. The van der Waals surface area contributed by atoms with E-state index in [0.717, 1.165) is 11.8 Å². The first-order valence-electron chi connectivity index (χ1n) is 11.1. The van der Waals surface area contributed by atoms with Gasteiger partial charge in [-0.1, -0.05) is 48.5 Å². The Labute approximate surface area is 193 Å². The van der Waals surface area contributed by atoms with E-state index in [1.54, 1.807) is 29.1 Å². The number of aryl methyl sites for hydroxylation is 1. The standard InChI is InChI=1S/C25H28FN3O3S/c1-16(2)29-15-27-22-13-12-21(28-33(3,31)32)20(23(22)25(29)30)14-18-10-7-11-19(24(18)26)17-8-5-4-6-9-17/h4-11,15-16,20-21,28H,12-14H2,1-3H3/t20-,21-/m0/s1. The molecule has 174 valence electrons. The first kappa shape index (κ1) is 23.3. The van der Waals surface area contributed by atoms with Crippen molar-refractivity contribution in [1.29, 1.82) is 0 Å². The number of halogens is 1. The van der Waals surface area contributed by atoms with Crippen molar-refractivity contribution >= 4 is 10.0 Å². The maximum absolute atomic E-state index is 15.6. The van der Waals surface area contributed by atoms with Crippen molar-refractivity contribution in [1.82, 2.24) is 14.3 Å². The van der Waals surface area contributed by atoms with Gasteiger partial charge in [-0.2, -0.15) is 0 Å². The molecule has 0 spiro atoms. The van der Waals surface area contributed by atoms with Crippen molar-refractivity contribution in [2.45, 2.75) is 51.1 Å². The molecule has 1 aliphatic rings. The van der Waals surface area contributed by atoms with Crippen LogP contribution in [-0.4, -0.2) is 30.3 Å². The summed E-state index contributed by atoms with van der Waals surface area (Å²) in [6, 6.07) is 13.9. The molecule has 8 heteroatoms. The van der Waals surface area contributed by atoms with Crippen LogP contribution in [0.2, 0.25) is 0 Å². The van der Waals surface area contributed by atoms with Crippen molar-refractivity contribution in [3.05, 3.63) is 87.9 Å². The van der Waals surface area contributed by atoms with Gasteiger partial charge in [-0.3, -0.25) is 9.36 Å². The lowest BCUT2D eigenvalue weighted by molar-refractivity contribution is 0.409. The molecule has 1 heterocycles. The molecule has 0 unspecified atom stereocenters. The molecule has 0 bridgehead atoms. The molecule has 2 aromatic carbocycles. The van der Waals surface area contributed by atoms with E-state index in [1.165, 1.54) is 0 Å². The van der Waals surface area contributed by atoms with E-state index in [0.29, 0.717) is 35.2 Å². The second-order valence-corrected chi connectivity index (χ2v) is 10.7. The Morgan fingerprint density at radius 1 is 1.15 bits per heavy atom. The number of nitrogens with one attached hydrogen (secondary N) is 1. The summed E-state index contributed by atoms with van der Waals surface area (Å²) in [7, 11) is -3.53. The fourth-order valence-electron chi connectivity index (χ4n) is 4.63. The normalized spacial score (nSPS) is 18.3. The van der Waals surface area contributed by atoms with Gasteiger partial charge < -0.3 is 0 Å². The summed E-state index contributed by atoms with van der Waals surface area (Å²) in [5.41, 5.74) is 2.61. The number of aromatic nitrogens is 2. The number of rotatable bonds is 6. The molecule has 6 nitrogen and oxygen atoms in total. The van der Waals surface area contributed by atoms with Gasteiger partial charge in [0, 0.05) is 29.1 Å². The van der Waals surface area contributed by atoms with Gasteiger partial charge in [-0.25, -0.2) is 22.5 Å². The van der Waals surface area contributed by atoms with Crippen LogP contribution in [-0.2, 0) is 22.9 Å². The topological polar surface area (TPSA) is 81.1 Å². The highest BCUT2D eigenvalue weighted by Crippen LogP contribution is 2.34. The Balaban J connectivity index is 1.82. The average molecular weight is 470 g/mol. The summed E-state index contributed by atoms with van der Waals surface area (Å²) in [5.74, 6) is -0.891. The molecular formula is C25H28FN3O3S.